The molecule has 0 spiro atoms. The van der Waals surface area contributed by atoms with Crippen molar-refractivity contribution in [3.63, 3.8) is 0 Å². The average molecular weight is 569 g/mol. The second-order valence-corrected chi connectivity index (χ2v) is 12.0. The van der Waals surface area contributed by atoms with Gasteiger partial charge in [-0.1, -0.05) is 44.1 Å². The Bertz CT molecular complexity index is 1220. The van der Waals surface area contributed by atoms with Crippen LogP contribution in [0.3, 0.4) is 0 Å². The fraction of sp³-hybridized carbons (Fsp3) is 0.613. The van der Waals surface area contributed by atoms with Crippen molar-refractivity contribution < 1.29 is 28.3 Å². The Morgan fingerprint density at radius 2 is 2.02 bits per heavy atom. The van der Waals surface area contributed by atoms with E-state index in [1.165, 1.54) is 15.9 Å². The predicted octanol–water partition coefficient (Wildman–Crippen LogP) is 3.59. The summed E-state index contributed by atoms with van der Waals surface area (Å²) in [5.41, 5.74) is 6.69. The third-order valence-electron chi connectivity index (χ3n) is 9.05. The number of fused-ring (bicyclic) bond motifs is 3. The van der Waals surface area contributed by atoms with Gasteiger partial charge in [-0.15, -0.1) is 0 Å². The van der Waals surface area contributed by atoms with E-state index in [1.54, 1.807) is 12.1 Å². The van der Waals surface area contributed by atoms with E-state index in [9.17, 15) is 23.6 Å². The molecule has 0 unspecified atom stereocenters. The van der Waals surface area contributed by atoms with Crippen molar-refractivity contribution in [2.45, 2.75) is 96.0 Å². The number of rotatable bonds is 4. The highest BCUT2D eigenvalue weighted by molar-refractivity contribution is 5.97. The molecule has 9 nitrogen and oxygen atoms in total. The van der Waals surface area contributed by atoms with Crippen LogP contribution in [0.1, 0.15) is 75.8 Å². The Kier molecular flexibility index (Phi) is 8.77. The molecule has 222 valence electrons. The molecule has 0 radical (unpaired) electrons. The monoisotopic (exact) mass is 568 g/mol. The predicted molar refractivity (Wildman–Crippen MR) is 150 cm³/mol. The summed E-state index contributed by atoms with van der Waals surface area (Å²) in [6, 6.07) is 3.18. The van der Waals surface area contributed by atoms with Gasteiger partial charge in [-0.3, -0.25) is 19.3 Å². The lowest BCUT2D eigenvalue weighted by Gasteiger charge is -2.27. The molecule has 4 aliphatic rings. The first-order valence-electron chi connectivity index (χ1n) is 15.0. The van der Waals surface area contributed by atoms with E-state index in [0.29, 0.717) is 24.9 Å². The first kappa shape index (κ1) is 29.2. The highest BCUT2D eigenvalue weighted by Crippen LogP contribution is 2.57. The van der Waals surface area contributed by atoms with Crippen LogP contribution in [-0.4, -0.2) is 64.8 Å². The van der Waals surface area contributed by atoms with Gasteiger partial charge in [0, 0.05) is 31.5 Å². The first-order valence-corrected chi connectivity index (χ1v) is 15.0. The summed E-state index contributed by atoms with van der Waals surface area (Å²) in [6.45, 7) is 2.92. The highest BCUT2D eigenvalue weighted by atomic mass is 19.1. The molecule has 1 aromatic rings. The van der Waals surface area contributed by atoms with Gasteiger partial charge < -0.3 is 20.7 Å². The van der Waals surface area contributed by atoms with Gasteiger partial charge in [-0.25, -0.2) is 9.18 Å². The van der Waals surface area contributed by atoms with Crippen molar-refractivity contribution in [1.82, 2.24) is 15.1 Å². The number of carbonyl (C=O) groups is 4. The van der Waals surface area contributed by atoms with Crippen LogP contribution < -0.4 is 11.1 Å². The van der Waals surface area contributed by atoms with Crippen molar-refractivity contribution >= 4 is 23.7 Å². The molecule has 0 aromatic heterocycles. The molecule has 0 bridgehead atoms. The van der Waals surface area contributed by atoms with Gasteiger partial charge in [-0.2, -0.15) is 0 Å². The van der Waals surface area contributed by atoms with Crippen LogP contribution in [0.2, 0.25) is 0 Å². The number of nitrogens with two attached hydrogens (primary N) is 1. The van der Waals surface area contributed by atoms with Gasteiger partial charge in [0.05, 0.1) is 30.6 Å². The number of ether oxygens (including phenoxy) is 1. The van der Waals surface area contributed by atoms with E-state index in [2.05, 4.69) is 17.5 Å². The topological polar surface area (TPSA) is 122 Å². The molecule has 3 amide bonds. The number of nitrogens with one attached hydrogen (secondary N) is 1. The molecule has 3 heterocycles. The second kappa shape index (κ2) is 12.3. The third-order valence-corrected chi connectivity index (χ3v) is 9.05. The molecular formula is C31H41FN4O5. The molecule has 1 aromatic carbocycles. The zero-order valence-corrected chi connectivity index (χ0v) is 23.8. The number of allylic oxidation sites excluding steroid dienone is 2. The van der Waals surface area contributed by atoms with Crippen molar-refractivity contribution in [3.8, 4) is 0 Å². The van der Waals surface area contributed by atoms with Crippen molar-refractivity contribution in [3.05, 3.63) is 47.3 Å². The number of amides is 3. The van der Waals surface area contributed by atoms with Gasteiger partial charge >= 0.3 is 6.09 Å². The van der Waals surface area contributed by atoms with Crippen LogP contribution in [0.5, 0.6) is 0 Å². The number of hydrogen-bond acceptors (Lipinski definition) is 6. The van der Waals surface area contributed by atoms with Crippen LogP contribution in [-0.2, 0) is 32.2 Å². The maximum Gasteiger partial charge on any atom is 0.410 e. The molecule has 10 heteroatoms. The molecule has 1 saturated heterocycles. The van der Waals surface area contributed by atoms with Gasteiger partial charge in [0.15, 0.2) is 5.78 Å². The lowest BCUT2D eigenvalue weighted by Crippen LogP contribution is -2.49. The number of hydrogen-bond donors (Lipinski definition) is 2. The summed E-state index contributed by atoms with van der Waals surface area (Å²) in [6.07, 6.45) is 8.49. The number of Topliss-reactive ketones (excluding diaryl/α,β-unsaturated/α-hetero) is 1. The molecule has 5 rings (SSSR count). The summed E-state index contributed by atoms with van der Waals surface area (Å²) in [7, 11) is 0. The smallest absolute Gasteiger partial charge is 0.410 e. The van der Waals surface area contributed by atoms with Crippen LogP contribution in [0.25, 0.3) is 0 Å². The summed E-state index contributed by atoms with van der Waals surface area (Å²) < 4.78 is 20.0. The van der Waals surface area contributed by atoms with Gasteiger partial charge in [0.25, 0.3) is 0 Å². The van der Waals surface area contributed by atoms with E-state index in [-0.39, 0.29) is 61.8 Å². The normalized spacial score (nSPS) is 30.9. The maximum atomic E-state index is 14.2. The van der Waals surface area contributed by atoms with Crippen molar-refractivity contribution in [1.29, 1.82) is 0 Å². The Labute approximate surface area is 240 Å². The maximum absolute atomic E-state index is 14.2. The van der Waals surface area contributed by atoms with Crippen molar-refractivity contribution in [2.24, 2.45) is 17.1 Å². The van der Waals surface area contributed by atoms with Crippen LogP contribution in [0, 0.1) is 17.2 Å². The van der Waals surface area contributed by atoms with E-state index < -0.39 is 29.7 Å². The summed E-state index contributed by atoms with van der Waals surface area (Å²) in [4.78, 5) is 56.5. The highest BCUT2D eigenvalue weighted by Gasteiger charge is 2.60. The number of halogens is 1. The molecule has 3 aliphatic heterocycles. The minimum Gasteiger partial charge on any atom is -0.444 e. The Balaban J connectivity index is 1.32. The molecule has 41 heavy (non-hydrogen) atoms. The SMILES string of the molecule is CCCNC(=O)[C@]12CC(=O)[C@@H]3C[C@@H](OC(=O)N4Cc5cccc(F)c5C4)CN3C(=O)[C@@H](N)CCCCC/C=C\[C@@H]1C2. The fourth-order valence-corrected chi connectivity index (χ4v) is 6.53. The standard InChI is InChI=1S/C31H41FN4O5/c1-2-13-34-29(39)31-15-21(31)10-6-4-3-5-7-12-25(33)28(38)36-18-22(14-26(36)27(37)16-31)41-30(40)35-17-20-9-8-11-24(32)23(20)19-35/h6,8-11,21-22,25-26H,2-5,7,12-19,33H2,1H3,(H,34,39)/b10-6-/t21-,22-,25+,26+,31-/m1/s1. The van der Waals surface area contributed by atoms with E-state index >= 15 is 0 Å². The van der Waals surface area contributed by atoms with Gasteiger partial charge in [-0.05, 0) is 49.7 Å². The number of carbonyl (C=O) groups excluding carboxylic acids is 4. The minimum absolute atomic E-state index is 0.0165. The zero-order valence-electron chi connectivity index (χ0n) is 23.8. The Morgan fingerprint density at radius 1 is 1.20 bits per heavy atom. The molecule has 2 fully saturated rings. The Hall–Kier alpha value is -3.27. The summed E-state index contributed by atoms with van der Waals surface area (Å²) >= 11 is 0. The Morgan fingerprint density at radius 3 is 2.80 bits per heavy atom. The zero-order chi connectivity index (χ0) is 29.1. The quantitative estimate of drug-likeness (QED) is 0.536. The van der Waals surface area contributed by atoms with Crippen LogP contribution in [0.4, 0.5) is 9.18 Å². The summed E-state index contributed by atoms with van der Waals surface area (Å²) in [5, 5.41) is 2.98. The van der Waals surface area contributed by atoms with E-state index in [0.717, 1.165) is 37.7 Å². The largest absolute Gasteiger partial charge is 0.444 e. The van der Waals surface area contributed by atoms with Gasteiger partial charge in [0.1, 0.15) is 11.9 Å². The summed E-state index contributed by atoms with van der Waals surface area (Å²) in [5.74, 6) is -1.05. The molecule has 5 atom stereocenters. The second-order valence-electron chi connectivity index (χ2n) is 12.0. The van der Waals surface area contributed by atoms with Crippen LogP contribution >= 0.6 is 0 Å². The van der Waals surface area contributed by atoms with Gasteiger partial charge in [0.2, 0.25) is 11.8 Å². The lowest BCUT2D eigenvalue weighted by molar-refractivity contribution is -0.140. The molecular weight excluding hydrogens is 527 g/mol. The lowest BCUT2D eigenvalue weighted by atomic mass is 9.91. The average Bonchev–Trinajstić information content (AvgIpc) is 3.26. The third kappa shape index (κ3) is 6.17. The van der Waals surface area contributed by atoms with E-state index in [4.69, 9.17) is 10.5 Å². The molecule has 1 saturated carbocycles. The van der Waals surface area contributed by atoms with Crippen molar-refractivity contribution in [2.75, 3.05) is 13.1 Å². The number of nitrogens with zero attached hydrogens (tertiary/aromatic N) is 2. The molecule has 3 N–H and O–H groups in total. The minimum atomic E-state index is -0.828. The fourth-order valence-electron chi connectivity index (χ4n) is 6.53. The molecule has 1 aliphatic carbocycles. The first-order chi connectivity index (χ1) is 19.7. The van der Waals surface area contributed by atoms with Crippen LogP contribution in [0.15, 0.2) is 30.4 Å². The van der Waals surface area contributed by atoms with E-state index in [1.807, 2.05) is 6.92 Å². The number of benzene rings is 1. The number of ketones is 1.